The van der Waals surface area contributed by atoms with Crippen LogP contribution in [-0.4, -0.2) is 29.2 Å². The van der Waals surface area contributed by atoms with E-state index in [-0.39, 0.29) is 30.7 Å². The van der Waals surface area contributed by atoms with Crippen molar-refractivity contribution in [1.29, 1.82) is 0 Å². The Morgan fingerprint density at radius 3 is 2.64 bits per heavy atom. The van der Waals surface area contributed by atoms with Gasteiger partial charge >= 0.3 is 0 Å². The summed E-state index contributed by atoms with van der Waals surface area (Å²) in [5.41, 5.74) is -0.151. The second-order valence-corrected chi connectivity index (χ2v) is 8.10. The van der Waals surface area contributed by atoms with Gasteiger partial charge in [0, 0.05) is 15.8 Å². The molecule has 7 heteroatoms. The highest BCUT2D eigenvalue weighted by Crippen LogP contribution is 2.36. The third-order valence-corrected chi connectivity index (χ3v) is 5.75. The Hall–Kier alpha value is -1.99. The van der Waals surface area contributed by atoms with Gasteiger partial charge in [-0.05, 0) is 36.1 Å². The van der Waals surface area contributed by atoms with Gasteiger partial charge in [-0.1, -0.05) is 34.1 Å². The fourth-order valence-corrected chi connectivity index (χ4v) is 3.80. The first-order chi connectivity index (χ1) is 11.9. The number of carbonyl (C=O) groups is 3. The molecular formula is C18H17BrN2O3S. The minimum Gasteiger partial charge on any atom is -0.350 e. The van der Waals surface area contributed by atoms with Crippen molar-refractivity contribution in [3.05, 3.63) is 56.7 Å². The molecule has 1 aliphatic heterocycles. The van der Waals surface area contributed by atoms with Crippen LogP contribution in [0.2, 0.25) is 0 Å². The van der Waals surface area contributed by atoms with Crippen molar-refractivity contribution in [3.63, 3.8) is 0 Å². The van der Waals surface area contributed by atoms with Crippen molar-refractivity contribution in [2.45, 2.75) is 25.3 Å². The molecule has 0 saturated carbocycles. The molecule has 0 bridgehead atoms. The summed E-state index contributed by atoms with van der Waals surface area (Å²) in [4.78, 5) is 39.3. The standard InChI is InChI=1S/C18H17BrN2O3S/c1-18(12-4-6-13(19)7-5-12)9-16(23)21(17(18)24)11-15(22)20-10-14-3-2-8-25-14/h2-8H,9-11H2,1H3,(H,20,22)/t18-/m1/s1. The van der Waals surface area contributed by atoms with Crippen LogP contribution in [0.1, 0.15) is 23.8 Å². The molecule has 3 rings (SSSR count). The zero-order chi connectivity index (χ0) is 18.0. The second kappa shape index (κ2) is 7.09. The summed E-state index contributed by atoms with van der Waals surface area (Å²) in [6.45, 7) is 1.91. The summed E-state index contributed by atoms with van der Waals surface area (Å²) >= 11 is 4.90. The van der Waals surface area contributed by atoms with Crippen molar-refractivity contribution < 1.29 is 14.4 Å². The molecule has 0 aliphatic carbocycles. The molecule has 1 fully saturated rings. The topological polar surface area (TPSA) is 66.5 Å². The smallest absolute Gasteiger partial charge is 0.240 e. The molecule has 1 atom stereocenters. The number of imide groups is 1. The largest absolute Gasteiger partial charge is 0.350 e. The zero-order valence-electron chi connectivity index (χ0n) is 13.6. The summed E-state index contributed by atoms with van der Waals surface area (Å²) in [7, 11) is 0. The number of halogens is 1. The molecule has 3 amide bonds. The Bertz CT molecular complexity index is 804. The van der Waals surface area contributed by atoms with Crippen LogP contribution in [0.25, 0.3) is 0 Å². The van der Waals surface area contributed by atoms with E-state index in [0.717, 1.165) is 19.8 Å². The molecule has 0 spiro atoms. The molecule has 1 saturated heterocycles. The van der Waals surface area contributed by atoms with E-state index in [1.165, 1.54) is 0 Å². The average molecular weight is 421 g/mol. The van der Waals surface area contributed by atoms with Gasteiger partial charge in [0.05, 0.1) is 12.0 Å². The molecular weight excluding hydrogens is 404 g/mol. The van der Waals surface area contributed by atoms with Gasteiger partial charge in [0.2, 0.25) is 17.7 Å². The minimum absolute atomic E-state index is 0.0751. The predicted octanol–water partition coefficient (Wildman–Crippen LogP) is 2.84. The number of thiophene rings is 1. The number of nitrogens with zero attached hydrogens (tertiary/aromatic N) is 1. The monoisotopic (exact) mass is 420 g/mol. The van der Waals surface area contributed by atoms with Crippen LogP contribution >= 0.6 is 27.3 Å². The summed E-state index contributed by atoms with van der Waals surface area (Å²) in [6, 6.07) is 11.2. The first kappa shape index (κ1) is 17.8. The number of likely N-dealkylation sites (tertiary alicyclic amines) is 1. The number of carbonyl (C=O) groups excluding carboxylic acids is 3. The molecule has 0 unspecified atom stereocenters. The fraction of sp³-hybridized carbons (Fsp3) is 0.278. The lowest BCUT2D eigenvalue weighted by atomic mass is 9.81. The van der Waals surface area contributed by atoms with Crippen LogP contribution in [0.5, 0.6) is 0 Å². The quantitative estimate of drug-likeness (QED) is 0.756. The minimum atomic E-state index is -0.925. The summed E-state index contributed by atoms with van der Waals surface area (Å²) < 4.78 is 0.904. The lowest BCUT2D eigenvalue weighted by Crippen LogP contribution is -2.42. The molecule has 1 aromatic carbocycles. The third kappa shape index (κ3) is 3.67. The van der Waals surface area contributed by atoms with Gasteiger partial charge in [0.1, 0.15) is 6.54 Å². The van der Waals surface area contributed by atoms with Crippen LogP contribution in [0.15, 0.2) is 46.3 Å². The molecule has 1 N–H and O–H groups in total. The van der Waals surface area contributed by atoms with E-state index in [0.29, 0.717) is 6.54 Å². The first-order valence-electron chi connectivity index (χ1n) is 7.80. The molecule has 2 aromatic rings. The number of hydrogen-bond acceptors (Lipinski definition) is 4. The van der Waals surface area contributed by atoms with Crippen molar-refractivity contribution >= 4 is 45.0 Å². The van der Waals surface area contributed by atoms with Gasteiger partial charge in [0.15, 0.2) is 0 Å². The van der Waals surface area contributed by atoms with E-state index < -0.39 is 5.41 Å². The van der Waals surface area contributed by atoms with Crippen molar-refractivity contribution in [2.75, 3.05) is 6.54 Å². The van der Waals surface area contributed by atoms with Crippen LogP contribution in [0, 0.1) is 0 Å². The van der Waals surface area contributed by atoms with Crippen LogP contribution in [-0.2, 0) is 26.3 Å². The van der Waals surface area contributed by atoms with Gasteiger partial charge in [-0.15, -0.1) is 11.3 Å². The fourth-order valence-electron chi connectivity index (χ4n) is 2.89. The van der Waals surface area contributed by atoms with Crippen LogP contribution in [0.3, 0.4) is 0 Å². The second-order valence-electron chi connectivity index (χ2n) is 6.16. The van der Waals surface area contributed by atoms with Crippen molar-refractivity contribution in [1.82, 2.24) is 10.2 Å². The summed E-state index contributed by atoms with van der Waals surface area (Å²) in [6.07, 6.45) is 0.0751. The average Bonchev–Trinajstić information content (AvgIpc) is 3.17. The number of hydrogen-bond donors (Lipinski definition) is 1. The van der Waals surface area contributed by atoms with Gasteiger partial charge in [-0.25, -0.2) is 0 Å². The zero-order valence-corrected chi connectivity index (χ0v) is 16.0. The maximum Gasteiger partial charge on any atom is 0.240 e. The molecule has 0 radical (unpaired) electrons. The highest BCUT2D eigenvalue weighted by Gasteiger charge is 2.49. The lowest BCUT2D eigenvalue weighted by Gasteiger charge is -2.22. The highest BCUT2D eigenvalue weighted by molar-refractivity contribution is 9.10. The van der Waals surface area contributed by atoms with E-state index in [4.69, 9.17) is 0 Å². The van der Waals surface area contributed by atoms with E-state index in [1.54, 1.807) is 18.3 Å². The highest BCUT2D eigenvalue weighted by atomic mass is 79.9. The van der Waals surface area contributed by atoms with Gasteiger partial charge < -0.3 is 5.32 Å². The normalized spacial score (nSPS) is 20.2. The Morgan fingerprint density at radius 2 is 2.00 bits per heavy atom. The maximum atomic E-state index is 12.8. The van der Waals surface area contributed by atoms with Gasteiger partial charge in [0.25, 0.3) is 0 Å². The summed E-state index contributed by atoms with van der Waals surface area (Å²) in [5, 5.41) is 4.68. The Morgan fingerprint density at radius 1 is 1.28 bits per heavy atom. The first-order valence-corrected chi connectivity index (χ1v) is 9.47. The molecule has 1 aromatic heterocycles. The number of rotatable bonds is 5. The molecule has 1 aliphatic rings. The number of nitrogens with one attached hydrogen (secondary N) is 1. The number of amides is 3. The Kier molecular flexibility index (Phi) is 5.06. The van der Waals surface area contributed by atoms with Crippen LogP contribution < -0.4 is 5.32 Å². The van der Waals surface area contributed by atoms with Crippen molar-refractivity contribution in [2.24, 2.45) is 0 Å². The van der Waals surface area contributed by atoms with Gasteiger partial charge in [-0.3, -0.25) is 19.3 Å². The predicted molar refractivity (Wildman–Crippen MR) is 99.0 cm³/mol. The lowest BCUT2D eigenvalue weighted by molar-refractivity contribution is -0.143. The molecule has 130 valence electrons. The van der Waals surface area contributed by atoms with Crippen LogP contribution in [0.4, 0.5) is 0 Å². The maximum absolute atomic E-state index is 12.8. The van der Waals surface area contributed by atoms with Crippen molar-refractivity contribution in [3.8, 4) is 0 Å². The van der Waals surface area contributed by atoms with E-state index in [1.807, 2.05) is 41.8 Å². The molecule has 5 nitrogen and oxygen atoms in total. The van der Waals surface area contributed by atoms with E-state index >= 15 is 0 Å². The summed E-state index contributed by atoms with van der Waals surface area (Å²) in [5.74, 6) is -0.983. The third-order valence-electron chi connectivity index (χ3n) is 4.35. The van der Waals surface area contributed by atoms with E-state index in [2.05, 4.69) is 21.2 Å². The number of benzene rings is 1. The van der Waals surface area contributed by atoms with Gasteiger partial charge in [-0.2, -0.15) is 0 Å². The van der Waals surface area contributed by atoms with E-state index in [9.17, 15) is 14.4 Å². The molecule has 2 heterocycles. The SMILES string of the molecule is C[C@]1(c2ccc(Br)cc2)CC(=O)N(CC(=O)NCc2cccs2)C1=O. The Balaban J connectivity index is 1.68. The Labute approximate surface area is 158 Å². The molecule has 25 heavy (non-hydrogen) atoms.